The van der Waals surface area contributed by atoms with Crippen LogP contribution in [0.1, 0.15) is 16.2 Å². The van der Waals surface area contributed by atoms with Gasteiger partial charge in [0.15, 0.2) is 0 Å². The zero-order chi connectivity index (χ0) is 13.8. The Morgan fingerprint density at radius 2 is 2.21 bits per heavy atom. The van der Waals surface area contributed by atoms with Gasteiger partial charge in [0.05, 0.1) is 5.56 Å². The number of hydrogen-bond acceptors (Lipinski definition) is 5. The largest absolute Gasteiger partial charge is 0.508 e. The highest BCUT2D eigenvalue weighted by Gasteiger charge is 2.11. The quantitative estimate of drug-likeness (QED) is 0.683. The summed E-state index contributed by atoms with van der Waals surface area (Å²) in [6.07, 6.45) is 2.11. The Bertz CT molecular complexity index is 594. The standard InChI is InChI=1S/C12H14N4O3/c1-16-7-14-15-11(16)4-5-13-12(19)9-6-8(17)2-3-10(9)18/h2-3,6-7,17-18H,4-5H2,1H3,(H,13,19). The van der Waals surface area contributed by atoms with Crippen LogP contribution < -0.4 is 5.32 Å². The lowest BCUT2D eigenvalue weighted by molar-refractivity contribution is 0.0951. The molecular weight excluding hydrogens is 248 g/mol. The molecule has 0 saturated carbocycles. The highest BCUT2D eigenvalue weighted by Crippen LogP contribution is 2.21. The van der Waals surface area contributed by atoms with Gasteiger partial charge in [-0.1, -0.05) is 0 Å². The summed E-state index contributed by atoms with van der Waals surface area (Å²) >= 11 is 0. The van der Waals surface area contributed by atoms with Crippen molar-refractivity contribution in [2.45, 2.75) is 6.42 Å². The van der Waals surface area contributed by atoms with E-state index < -0.39 is 5.91 Å². The summed E-state index contributed by atoms with van der Waals surface area (Å²) in [6, 6.07) is 3.80. The number of amides is 1. The van der Waals surface area contributed by atoms with Gasteiger partial charge in [-0.3, -0.25) is 4.79 Å². The van der Waals surface area contributed by atoms with Crippen LogP contribution in [0.5, 0.6) is 11.5 Å². The minimum Gasteiger partial charge on any atom is -0.508 e. The van der Waals surface area contributed by atoms with Gasteiger partial charge in [-0.2, -0.15) is 0 Å². The molecule has 100 valence electrons. The topological polar surface area (TPSA) is 100 Å². The third-order valence-corrected chi connectivity index (χ3v) is 2.66. The summed E-state index contributed by atoms with van der Waals surface area (Å²) in [5.41, 5.74) is 0.0398. The summed E-state index contributed by atoms with van der Waals surface area (Å²) in [5, 5.41) is 29.1. The third-order valence-electron chi connectivity index (χ3n) is 2.66. The van der Waals surface area contributed by atoms with Crippen LogP contribution in [0.15, 0.2) is 24.5 Å². The molecule has 1 aromatic heterocycles. The second-order valence-electron chi connectivity index (χ2n) is 4.07. The van der Waals surface area contributed by atoms with Gasteiger partial charge in [0.2, 0.25) is 0 Å². The minimum atomic E-state index is -0.449. The molecule has 1 heterocycles. The van der Waals surface area contributed by atoms with E-state index in [4.69, 9.17) is 0 Å². The number of nitrogens with zero attached hydrogens (tertiary/aromatic N) is 3. The monoisotopic (exact) mass is 262 g/mol. The van der Waals surface area contributed by atoms with Gasteiger partial charge in [-0.25, -0.2) is 0 Å². The molecule has 0 bridgehead atoms. The zero-order valence-corrected chi connectivity index (χ0v) is 10.4. The molecule has 0 aliphatic carbocycles. The summed E-state index contributed by atoms with van der Waals surface area (Å²) in [4.78, 5) is 11.8. The first kappa shape index (κ1) is 12.9. The lowest BCUT2D eigenvalue weighted by atomic mass is 10.1. The summed E-state index contributed by atoms with van der Waals surface area (Å²) in [5.74, 6) is 0.0567. The molecular formula is C12H14N4O3. The Hall–Kier alpha value is -2.57. The van der Waals surface area contributed by atoms with Crippen LogP contribution in [0.2, 0.25) is 0 Å². The van der Waals surface area contributed by atoms with Crippen molar-refractivity contribution >= 4 is 5.91 Å². The molecule has 0 fully saturated rings. The van der Waals surface area contributed by atoms with Gasteiger partial charge < -0.3 is 20.1 Å². The van der Waals surface area contributed by atoms with Crippen LogP contribution in [0.4, 0.5) is 0 Å². The van der Waals surface area contributed by atoms with Crippen LogP contribution in [-0.2, 0) is 13.5 Å². The fourth-order valence-corrected chi connectivity index (χ4v) is 1.62. The van der Waals surface area contributed by atoms with E-state index in [2.05, 4.69) is 15.5 Å². The van der Waals surface area contributed by atoms with Crippen LogP contribution in [0.25, 0.3) is 0 Å². The van der Waals surface area contributed by atoms with Crippen LogP contribution in [-0.4, -0.2) is 37.4 Å². The van der Waals surface area contributed by atoms with Crippen molar-refractivity contribution in [2.24, 2.45) is 7.05 Å². The van der Waals surface area contributed by atoms with Crippen LogP contribution in [0, 0.1) is 0 Å². The van der Waals surface area contributed by atoms with Gasteiger partial charge in [-0.05, 0) is 18.2 Å². The van der Waals surface area contributed by atoms with E-state index in [1.54, 1.807) is 10.9 Å². The summed E-state index contributed by atoms with van der Waals surface area (Å²) in [7, 11) is 1.82. The number of aryl methyl sites for hydroxylation is 1. The number of phenols is 2. The number of phenolic OH excluding ortho intramolecular Hbond substituents is 2. The van der Waals surface area contributed by atoms with Crippen molar-refractivity contribution in [1.82, 2.24) is 20.1 Å². The molecule has 0 saturated heterocycles. The predicted molar refractivity (Wildman–Crippen MR) is 66.8 cm³/mol. The SMILES string of the molecule is Cn1cnnc1CCNC(=O)c1cc(O)ccc1O. The zero-order valence-electron chi connectivity index (χ0n) is 10.4. The molecule has 19 heavy (non-hydrogen) atoms. The second kappa shape index (κ2) is 5.38. The van der Waals surface area contributed by atoms with Crippen molar-refractivity contribution < 1.29 is 15.0 Å². The predicted octanol–water partition coefficient (Wildman–Crippen LogP) is 0.199. The van der Waals surface area contributed by atoms with Gasteiger partial charge >= 0.3 is 0 Å². The maximum atomic E-state index is 11.8. The first-order chi connectivity index (χ1) is 9.08. The average molecular weight is 262 g/mol. The van der Waals surface area contributed by atoms with E-state index in [9.17, 15) is 15.0 Å². The molecule has 2 aromatic rings. The molecule has 7 heteroatoms. The van der Waals surface area contributed by atoms with Crippen molar-refractivity contribution in [3.05, 3.63) is 35.9 Å². The molecule has 0 spiro atoms. The van der Waals surface area contributed by atoms with Crippen molar-refractivity contribution in [3.63, 3.8) is 0 Å². The fraction of sp³-hybridized carbons (Fsp3) is 0.250. The average Bonchev–Trinajstić information content (AvgIpc) is 2.78. The smallest absolute Gasteiger partial charge is 0.255 e. The Kier molecular flexibility index (Phi) is 3.65. The molecule has 0 unspecified atom stereocenters. The van der Waals surface area contributed by atoms with Crippen LogP contribution >= 0.6 is 0 Å². The number of nitrogens with one attached hydrogen (secondary N) is 1. The third kappa shape index (κ3) is 3.01. The molecule has 2 rings (SSSR count). The highest BCUT2D eigenvalue weighted by atomic mass is 16.3. The number of benzene rings is 1. The molecule has 1 amide bonds. The minimum absolute atomic E-state index is 0.0398. The van der Waals surface area contributed by atoms with E-state index in [-0.39, 0.29) is 17.1 Å². The molecule has 1 aromatic carbocycles. The number of aromatic nitrogens is 3. The molecule has 7 nitrogen and oxygen atoms in total. The number of rotatable bonds is 4. The Balaban J connectivity index is 1.94. The number of carbonyl (C=O) groups is 1. The second-order valence-corrected chi connectivity index (χ2v) is 4.07. The first-order valence-electron chi connectivity index (χ1n) is 5.71. The first-order valence-corrected chi connectivity index (χ1v) is 5.71. The lowest BCUT2D eigenvalue weighted by Crippen LogP contribution is -2.26. The number of aromatic hydroxyl groups is 2. The maximum Gasteiger partial charge on any atom is 0.255 e. The Morgan fingerprint density at radius 3 is 2.89 bits per heavy atom. The lowest BCUT2D eigenvalue weighted by Gasteiger charge is -2.07. The molecule has 0 radical (unpaired) electrons. The van der Waals surface area contributed by atoms with Gasteiger partial charge in [0, 0.05) is 20.0 Å². The fourth-order valence-electron chi connectivity index (χ4n) is 1.62. The van der Waals surface area contributed by atoms with E-state index in [0.29, 0.717) is 13.0 Å². The van der Waals surface area contributed by atoms with Crippen molar-refractivity contribution in [1.29, 1.82) is 0 Å². The summed E-state index contributed by atoms with van der Waals surface area (Å²) in [6.45, 7) is 0.362. The highest BCUT2D eigenvalue weighted by molar-refractivity contribution is 5.97. The van der Waals surface area contributed by atoms with E-state index in [1.807, 2.05) is 7.05 Å². The van der Waals surface area contributed by atoms with Crippen LogP contribution in [0.3, 0.4) is 0 Å². The Labute approximate surface area is 109 Å². The normalized spacial score (nSPS) is 10.4. The van der Waals surface area contributed by atoms with Gasteiger partial charge in [-0.15, -0.1) is 10.2 Å². The molecule has 0 aliphatic heterocycles. The Morgan fingerprint density at radius 1 is 1.42 bits per heavy atom. The molecule has 0 aliphatic rings. The number of carbonyl (C=O) groups excluding carboxylic acids is 1. The maximum absolute atomic E-state index is 11.8. The van der Waals surface area contributed by atoms with E-state index in [0.717, 1.165) is 5.82 Å². The number of hydrogen-bond donors (Lipinski definition) is 3. The van der Waals surface area contributed by atoms with E-state index >= 15 is 0 Å². The van der Waals surface area contributed by atoms with Crippen molar-refractivity contribution in [2.75, 3.05) is 6.54 Å². The van der Waals surface area contributed by atoms with E-state index in [1.165, 1.54) is 18.2 Å². The van der Waals surface area contributed by atoms with Gasteiger partial charge in [0.1, 0.15) is 23.7 Å². The summed E-state index contributed by atoms with van der Waals surface area (Å²) < 4.78 is 1.76. The van der Waals surface area contributed by atoms with Gasteiger partial charge in [0.25, 0.3) is 5.91 Å². The molecule has 0 atom stereocenters. The molecule has 3 N–H and O–H groups in total. The van der Waals surface area contributed by atoms with Crippen molar-refractivity contribution in [3.8, 4) is 11.5 Å².